The quantitative estimate of drug-likeness (QED) is 0.427. The zero-order valence-corrected chi connectivity index (χ0v) is 21.7. The Hall–Kier alpha value is -1.38. The van der Waals surface area contributed by atoms with Gasteiger partial charge in [0.1, 0.15) is 5.78 Å². The predicted octanol–water partition coefficient (Wildman–Crippen LogP) is 7.22. The number of hydrogen-bond acceptors (Lipinski definition) is 2. The highest BCUT2D eigenvalue weighted by molar-refractivity contribution is 5.85. The van der Waals surface area contributed by atoms with E-state index in [0.29, 0.717) is 30.0 Å². The number of hydrogen-bond donors (Lipinski definition) is 1. The van der Waals surface area contributed by atoms with Crippen molar-refractivity contribution < 1.29 is 14.7 Å². The average molecular weight is 453 g/mol. The van der Waals surface area contributed by atoms with Crippen molar-refractivity contribution in [2.24, 2.45) is 50.7 Å². The van der Waals surface area contributed by atoms with Crippen LogP contribution in [0, 0.1) is 50.7 Å². The molecule has 0 aromatic heterocycles. The maximum Gasteiger partial charge on any atom is 0.310 e. The second-order valence-corrected chi connectivity index (χ2v) is 13.8. The molecule has 0 amide bonds. The van der Waals surface area contributed by atoms with Crippen LogP contribution in [0.15, 0.2) is 23.8 Å². The highest BCUT2D eigenvalue weighted by Crippen LogP contribution is 2.75. The summed E-state index contributed by atoms with van der Waals surface area (Å²) in [6.07, 6.45) is 10.9. The van der Waals surface area contributed by atoms with E-state index in [-0.39, 0.29) is 27.6 Å². The fourth-order valence-electron chi connectivity index (χ4n) is 10.2. The number of carboxylic acid groups (broad SMARTS) is 1. The molecule has 3 heteroatoms. The molecule has 0 aromatic carbocycles. The first-order valence-electron chi connectivity index (χ1n) is 13.4. The van der Waals surface area contributed by atoms with Gasteiger partial charge >= 0.3 is 5.97 Å². The molecule has 0 saturated heterocycles. The van der Waals surface area contributed by atoms with Crippen molar-refractivity contribution in [2.75, 3.05) is 0 Å². The number of aliphatic carboxylic acids is 1. The number of allylic oxidation sites excluding steroid dienone is 3. The fourth-order valence-corrected chi connectivity index (χ4v) is 10.2. The molecule has 0 bridgehead atoms. The summed E-state index contributed by atoms with van der Waals surface area (Å²) < 4.78 is 0. The molecule has 182 valence electrons. The Bertz CT molecular complexity index is 958. The topological polar surface area (TPSA) is 54.4 Å². The first kappa shape index (κ1) is 23.4. The maximum absolute atomic E-state index is 12.9. The summed E-state index contributed by atoms with van der Waals surface area (Å²) >= 11 is 0. The third kappa shape index (κ3) is 2.63. The summed E-state index contributed by atoms with van der Waals surface area (Å²) in [5.74, 6) is 1.17. The first-order chi connectivity index (χ1) is 15.3. The van der Waals surface area contributed by atoms with E-state index < -0.39 is 11.4 Å². The van der Waals surface area contributed by atoms with Gasteiger partial charge in [-0.1, -0.05) is 65.3 Å². The van der Waals surface area contributed by atoms with Gasteiger partial charge in [0.25, 0.3) is 0 Å². The molecule has 8 atom stereocenters. The van der Waals surface area contributed by atoms with Crippen molar-refractivity contribution in [1.29, 1.82) is 0 Å². The fraction of sp³-hybridized carbons (Fsp3) is 0.800. The van der Waals surface area contributed by atoms with Crippen LogP contribution in [0.5, 0.6) is 0 Å². The van der Waals surface area contributed by atoms with E-state index in [1.165, 1.54) is 5.57 Å². The summed E-state index contributed by atoms with van der Waals surface area (Å²) in [5, 5.41) is 10.5. The molecule has 0 aliphatic heterocycles. The molecular weight excluding hydrogens is 408 g/mol. The van der Waals surface area contributed by atoms with Gasteiger partial charge in [0.2, 0.25) is 0 Å². The molecule has 0 radical (unpaired) electrons. The Balaban J connectivity index is 1.63. The number of fused-ring (bicyclic) bond motifs is 7. The molecule has 5 aliphatic carbocycles. The van der Waals surface area contributed by atoms with Crippen molar-refractivity contribution in [3.63, 3.8) is 0 Å². The molecule has 4 saturated carbocycles. The van der Waals surface area contributed by atoms with E-state index in [0.717, 1.165) is 56.9 Å². The predicted molar refractivity (Wildman–Crippen MR) is 132 cm³/mol. The first-order valence-corrected chi connectivity index (χ1v) is 13.4. The molecule has 4 fully saturated rings. The van der Waals surface area contributed by atoms with Crippen LogP contribution in [-0.2, 0) is 9.59 Å². The van der Waals surface area contributed by atoms with Gasteiger partial charge in [0, 0.05) is 17.8 Å². The van der Waals surface area contributed by atoms with E-state index in [2.05, 4.69) is 54.2 Å². The summed E-state index contributed by atoms with van der Waals surface area (Å²) in [6.45, 7) is 18.6. The molecule has 0 heterocycles. The van der Waals surface area contributed by atoms with E-state index in [1.54, 1.807) is 0 Å². The van der Waals surface area contributed by atoms with Gasteiger partial charge in [-0.3, -0.25) is 9.59 Å². The van der Waals surface area contributed by atoms with E-state index >= 15 is 0 Å². The summed E-state index contributed by atoms with van der Waals surface area (Å²) in [7, 11) is 0. The molecule has 1 unspecified atom stereocenters. The molecule has 5 aliphatic rings. The van der Waals surface area contributed by atoms with Crippen LogP contribution in [0.2, 0.25) is 0 Å². The standard InChI is InChI=1S/C30H44O3/c1-18-10-15-30(25(32)33)17-16-28(6)20(24(30)19(18)2)8-9-22-27(5)13-12-23(31)26(3,4)21(27)11-14-29(22,28)7/h8,18,21-22,24H,2,9-17H2,1,3-7H3,(H,32,33)/t18-,21+,22-,24?,27+,28-,29-,30+/m1/s1. The highest BCUT2D eigenvalue weighted by atomic mass is 16.4. The van der Waals surface area contributed by atoms with Crippen LogP contribution in [0.4, 0.5) is 0 Å². The number of rotatable bonds is 1. The third-order valence-electron chi connectivity index (χ3n) is 12.7. The van der Waals surface area contributed by atoms with Crippen molar-refractivity contribution in [3.8, 4) is 0 Å². The van der Waals surface area contributed by atoms with Crippen LogP contribution in [0.3, 0.4) is 0 Å². The Morgan fingerprint density at radius 1 is 1.00 bits per heavy atom. The van der Waals surface area contributed by atoms with Gasteiger partial charge in [0.05, 0.1) is 5.41 Å². The largest absolute Gasteiger partial charge is 0.481 e. The lowest BCUT2D eigenvalue weighted by atomic mass is 9.33. The smallest absolute Gasteiger partial charge is 0.310 e. The summed E-state index contributed by atoms with van der Waals surface area (Å²) in [4.78, 5) is 25.6. The monoisotopic (exact) mass is 452 g/mol. The van der Waals surface area contributed by atoms with E-state index in [1.807, 2.05) is 0 Å². The van der Waals surface area contributed by atoms with Crippen LogP contribution in [0.25, 0.3) is 0 Å². The number of carbonyl (C=O) groups is 2. The molecule has 5 rings (SSSR count). The Labute approximate surface area is 200 Å². The lowest BCUT2D eigenvalue weighted by molar-refractivity contribution is -0.185. The van der Waals surface area contributed by atoms with Crippen LogP contribution < -0.4 is 0 Å². The lowest BCUT2D eigenvalue weighted by Crippen LogP contribution is -2.64. The Morgan fingerprint density at radius 3 is 2.36 bits per heavy atom. The average Bonchev–Trinajstić information content (AvgIpc) is 2.74. The second-order valence-electron chi connectivity index (χ2n) is 13.8. The van der Waals surface area contributed by atoms with Crippen molar-refractivity contribution in [1.82, 2.24) is 0 Å². The minimum Gasteiger partial charge on any atom is -0.481 e. The minimum atomic E-state index is -0.668. The molecule has 33 heavy (non-hydrogen) atoms. The Morgan fingerprint density at radius 2 is 1.70 bits per heavy atom. The second kappa shape index (κ2) is 6.85. The SMILES string of the molecule is C=C1C2C3=CC[C@@H]4[C@@]5(C)CCC(=O)C(C)(C)[C@@H]5CC[C@@]4(C)[C@]3(C)CC[C@@]2(C(=O)O)CC[C@H]1C. The van der Waals surface area contributed by atoms with Crippen molar-refractivity contribution in [3.05, 3.63) is 23.8 Å². The van der Waals surface area contributed by atoms with Crippen LogP contribution in [0.1, 0.15) is 99.3 Å². The summed E-state index contributed by atoms with van der Waals surface area (Å²) in [5.41, 5.74) is 1.94. The Kier molecular flexibility index (Phi) is 4.85. The molecule has 1 N–H and O–H groups in total. The molecule has 0 spiro atoms. The highest BCUT2D eigenvalue weighted by Gasteiger charge is 2.69. The van der Waals surface area contributed by atoms with E-state index in [4.69, 9.17) is 0 Å². The number of ketones is 1. The maximum atomic E-state index is 12.9. The zero-order chi connectivity index (χ0) is 24.2. The molecule has 3 nitrogen and oxygen atoms in total. The molecular formula is C30H44O3. The van der Waals surface area contributed by atoms with Crippen molar-refractivity contribution in [2.45, 2.75) is 99.3 Å². The number of carboxylic acids is 1. The van der Waals surface area contributed by atoms with Gasteiger partial charge < -0.3 is 5.11 Å². The van der Waals surface area contributed by atoms with Crippen molar-refractivity contribution >= 4 is 11.8 Å². The lowest BCUT2D eigenvalue weighted by Gasteiger charge is -2.70. The van der Waals surface area contributed by atoms with Gasteiger partial charge in [0.15, 0.2) is 0 Å². The molecule has 0 aromatic rings. The van der Waals surface area contributed by atoms with Crippen LogP contribution >= 0.6 is 0 Å². The van der Waals surface area contributed by atoms with E-state index in [9.17, 15) is 14.7 Å². The van der Waals surface area contributed by atoms with Gasteiger partial charge in [-0.05, 0) is 85.4 Å². The minimum absolute atomic E-state index is 0.000881. The summed E-state index contributed by atoms with van der Waals surface area (Å²) in [6, 6.07) is 0. The van der Waals surface area contributed by atoms with Gasteiger partial charge in [-0.15, -0.1) is 0 Å². The van der Waals surface area contributed by atoms with Crippen LogP contribution in [-0.4, -0.2) is 16.9 Å². The van der Waals surface area contributed by atoms with Gasteiger partial charge in [-0.25, -0.2) is 0 Å². The van der Waals surface area contributed by atoms with Gasteiger partial charge in [-0.2, -0.15) is 0 Å². The number of Topliss-reactive ketones (excluding diaryl/α,β-unsaturated/α-hetero) is 1. The normalized spacial score (nSPS) is 50.9. The zero-order valence-electron chi connectivity index (χ0n) is 21.7. The number of carbonyl (C=O) groups excluding carboxylic acids is 1. The third-order valence-corrected chi connectivity index (χ3v) is 12.7.